The van der Waals surface area contributed by atoms with Gasteiger partial charge in [0.05, 0.1) is 28.5 Å². The SMILES string of the molecule is O=C(NCc1ccco1)C1CCC(C(=O)Nc2cccc(Cl)c2Cl)CC1. The zero-order valence-electron chi connectivity index (χ0n) is 14.1. The number of furan rings is 1. The van der Waals surface area contributed by atoms with E-state index in [0.29, 0.717) is 48.0 Å². The van der Waals surface area contributed by atoms with E-state index in [1.54, 1.807) is 30.5 Å². The number of anilines is 1. The smallest absolute Gasteiger partial charge is 0.227 e. The van der Waals surface area contributed by atoms with E-state index in [2.05, 4.69) is 10.6 Å². The first kappa shape index (κ1) is 18.8. The second-order valence-electron chi connectivity index (χ2n) is 6.44. The Kier molecular flexibility index (Phi) is 6.22. The Balaban J connectivity index is 1.47. The Labute approximate surface area is 162 Å². The standard InChI is InChI=1S/C19H20Cl2N2O3/c20-15-4-1-5-16(17(15)21)23-19(25)13-8-6-12(7-9-13)18(24)22-11-14-3-2-10-26-14/h1-5,10,12-13H,6-9,11H2,(H,22,24)(H,23,25). The number of nitrogens with one attached hydrogen (secondary N) is 2. The molecule has 1 aliphatic rings. The van der Waals surface area contributed by atoms with Crippen molar-refractivity contribution < 1.29 is 14.0 Å². The minimum absolute atomic E-state index is 0.0122. The second kappa shape index (κ2) is 8.60. The summed E-state index contributed by atoms with van der Waals surface area (Å²) in [6, 6.07) is 8.75. The maximum Gasteiger partial charge on any atom is 0.227 e. The van der Waals surface area contributed by atoms with Crippen molar-refractivity contribution in [3.8, 4) is 0 Å². The van der Waals surface area contributed by atoms with Gasteiger partial charge in [0, 0.05) is 11.8 Å². The number of carbonyl (C=O) groups is 2. The first-order valence-corrected chi connectivity index (χ1v) is 9.35. The molecular weight excluding hydrogens is 375 g/mol. The van der Waals surface area contributed by atoms with E-state index in [1.165, 1.54) is 0 Å². The van der Waals surface area contributed by atoms with Gasteiger partial charge in [-0.15, -0.1) is 0 Å². The number of benzene rings is 1. The van der Waals surface area contributed by atoms with Crippen molar-refractivity contribution in [3.05, 3.63) is 52.4 Å². The third kappa shape index (κ3) is 4.59. The highest BCUT2D eigenvalue weighted by atomic mass is 35.5. The van der Waals surface area contributed by atoms with Crippen LogP contribution in [0.2, 0.25) is 10.0 Å². The maximum absolute atomic E-state index is 12.5. The second-order valence-corrected chi connectivity index (χ2v) is 7.22. The summed E-state index contributed by atoms with van der Waals surface area (Å²) in [6.07, 6.45) is 4.29. The first-order valence-electron chi connectivity index (χ1n) is 8.59. The number of hydrogen-bond donors (Lipinski definition) is 2. The van der Waals surface area contributed by atoms with Crippen LogP contribution in [0, 0.1) is 11.8 Å². The first-order chi connectivity index (χ1) is 12.5. The normalized spacial score (nSPS) is 19.8. The van der Waals surface area contributed by atoms with Gasteiger partial charge in [-0.3, -0.25) is 9.59 Å². The van der Waals surface area contributed by atoms with Gasteiger partial charge in [-0.2, -0.15) is 0 Å². The minimum Gasteiger partial charge on any atom is -0.467 e. The molecule has 1 aromatic carbocycles. The van der Waals surface area contributed by atoms with Gasteiger partial charge in [0.15, 0.2) is 0 Å². The van der Waals surface area contributed by atoms with Crippen LogP contribution < -0.4 is 10.6 Å². The highest BCUT2D eigenvalue weighted by molar-refractivity contribution is 6.44. The van der Waals surface area contributed by atoms with Crippen molar-refractivity contribution in [3.63, 3.8) is 0 Å². The molecule has 138 valence electrons. The van der Waals surface area contributed by atoms with E-state index >= 15 is 0 Å². The summed E-state index contributed by atoms with van der Waals surface area (Å²) in [7, 11) is 0. The molecule has 1 aliphatic carbocycles. The van der Waals surface area contributed by atoms with E-state index in [9.17, 15) is 9.59 Å². The summed E-state index contributed by atoms with van der Waals surface area (Å²) in [5.41, 5.74) is 0.516. The predicted octanol–water partition coefficient (Wildman–Crippen LogP) is 4.65. The monoisotopic (exact) mass is 394 g/mol. The van der Waals surface area contributed by atoms with Crippen LogP contribution in [0.5, 0.6) is 0 Å². The van der Waals surface area contributed by atoms with E-state index < -0.39 is 0 Å². The van der Waals surface area contributed by atoms with Crippen molar-refractivity contribution in [1.29, 1.82) is 0 Å². The topological polar surface area (TPSA) is 71.3 Å². The van der Waals surface area contributed by atoms with Gasteiger partial charge in [-0.25, -0.2) is 0 Å². The molecule has 0 radical (unpaired) electrons. The third-order valence-electron chi connectivity index (χ3n) is 4.70. The Morgan fingerprint density at radius 3 is 2.35 bits per heavy atom. The van der Waals surface area contributed by atoms with Crippen LogP contribution in [-0.2, 0) is 16.1 Å². The van der Waals surface area contributed by atoms with Gasteiger partial charge >= 0.3 is 0 Å². The summed E-state index contributed by atoms with van der Waals surface area (Å²) in [4.78, 5) is 24.7. The molecule has 0 unspecified atom stereocenters. The van der Waals surface area contributed by atoms with Crippen LogP contribution in [0.1, 0.15) is 31.4 Å². The lowest BCUT2D eigenvalue weighted by atomic mass is 9.81. The number of rotatable bonds is 5. The van der Waals surface area contributed by atoms with Crippen LogP contribution in [0.15, 0.2) is 41.0 Å². The van der Waals surface area contributed by atoms with Crippen molar-refractivity contribution in [2.75, 3.05) is 5.32 Å². The molecule has 0 atom stereocenters. The fourth-order valence-electron chi connectivity index (χ4n) is 3.18. The average Bonchev–Trinajstić information content (AvgIpc) is 3.17. The molecule has 0 saturated heterocycles. The number of halogens is 2. The van der Waals surface area contributed by atoms with Crippen LogP contribution in [-0.4, -0.2) is 11.8 Å². The Morgan fingerprint density at radius 1 is 1.00 bits per heavy atom. The Hall–Kier alpha value is -1.98. The fraction of sp³-hybridized carbons (Fsp3) is 0.368. The lowest BCUT2D eigenvalue weighted by molar-refractivity contribution is -0.128. The largest absolute Gasteiger partial charge is 0.467 e. The van der Waals surface area contributed by atoms with E-state index in [-0.39, 0.29) is 23.7 Å². The number of amides is 2. The Morgan fingerprint density at radius 2 is 1.69 bits per heavy atom. The summed E-state index contributed by atoms with van der Waals surface area (Å²) >= 11 is 12.1. The molecule has 0 bridgehead atoms. The zero-order chi connectivity index (χ0) is 18.5. The molecule has 0 aliphatic heterocycles. The molecule has 3 rings (SSSR count). The van der Waals surface area contributed by atoms with Crippen LogP contribution >= 0.6 is 23.2 Å². The lowest BCUT2D eigenvalue weighted by Crippen LogP contribution is -2.35. The van der Waals surface area contributed by atoms with Gasteiger partial charge in [0.25, 0.3) is 0 Å². The number of hydrogen-bond acceptors (Lipinski definition) is 3. The predicted molar refractivity (Wildman–Crippen MR) is 101 cm³/mol. The Bertz CT molecular complexity index is 769. The van der Waals surface area contributed by atoms with Crippen LogP contribution in [0.4, 0.5) is 5.69 Å². The summed E-state index contributed by atoms with van der Waals surface area (Å²) < 4.78 is 5.21. The van der Waals surface area contributed by atoms with Gasteiger partial charge < -0.3 is 15.1 Å². The van der Waals surface area contributed by atoms with Gasteiger partial charge in [-0.05, 0) is 49.9 Å². The van der Waals surface area contributed by atoms with Crippen LogP contribution in [0.3, 0.4) is 0 Å². The fourth-order valence-corrected chi connectivity index (χ4v) is 3.53. The quantitative estimate of drug-likeness (QED) is 0.774. The van der Waals surface area contributed by atoms with Crippen molar-refractivity contribution in [2.45, 2.75) is 32.2 Å². The highest BCUT2D eigenvalue weighted by Crippen LogP contribution is 2.33. The zero-order valence-corrected chi connectivity index (χ0v) is 15.6. The molecule has 2 aromatic rings. The van der Waals surface area contributed by atoms with E-state index in [0.717, 1.165) is 5.76 Å². The summed E-state index contributed by atoms with van der Waals surface area (Å²) in [6.45, 7) is 0.388. The molecule has 2 N–H and O–H groups in total. The third-order valence-corrected chi connectivity index (χ3v) is 5.51. The lowest BCUT2D eigenvalue weighted by Gasteiger charge is -2.27. The van der Waals surface area contributed by atoms with E-state index in [1.807, 2.05) is 6.07 Å². The average molecular weight is 395 g/mol. The van der Waals surface area contributed by atoms with Crippen molar-refractivity contribution >= 4 is 40.7 Å². The molecular formula is C19H20Cl2N2O3. The molecule has 1 aromatic heterocycles. The number of carbonyl (C=O) groups excluding carboxylic acids is 2. The molecule has 0 spiro atoms. The molecule has 7 heteroatoms. The van der Waals surface area contributed by atoms with Gasteiger partial charge in [0.1, 0.15) is 5.76 Å². The molecule has 5 nitrogen and oxygen atoms in total. The van der Waals surface area contributed by atoms with Crippen molar-refractivity contribution in [1.82, 2.24) is 5.32 Å². The molecule has 1 heterocycles. The highest BCUT2D eigenvalue weighted by Gasteiger charge is 2.30. The molecule has 1 fully saturated rings. The van der Waals surface area contributed by atoms with Crippen molar-refractivity contribution in [2.24, 2.45) is 11.8 Å². The van der Waals surface area contributed by atoms with Crippen LogP contribution in [0.25, 0.3) is 0 Å². The summed E-state index contributed by atoms with van der Waals surface area (Å²) in [5.74, 6) is 0.467. The van der Waals surface area contributed by atoms with Gasteiger partial charge in [0.2, 0.25) is 11.8 Å². The molecule has 2 amide bonds. The van der Waals surface area contributed by atoms with Gasteiger partial charge in [-0.1, -0.05) is 29.3 Å². The minimum atomic E-state index is -0.126. The molecule has 26 heavy (non-hydrogen) atoms. The maximum atomic E-state index is 12.5. The van der Waals surface area contributed by atoms with E-state index in [4.69, 9.17) is 27.6 Å². The summed E-state index contributed by atoms with van der Waals surface area (Å²) in [5, 5.41) is 6.47. The molecule has 1 saturated carbocycles.